The molecule has 122 valence electrons. The Balaban J connectivity index is 1.97. The maximum atomic E-state index is 12.0. The van der Waals surface area contributed by atoms with E-state index in [0.717, 1.165) is 5.56 Å². The number of hydrogen-bond acceptors (Lipinski definition) is 5. The van der Waals surface area contributed by atoms with Crippen LogP contribution in [0.15, 0.2) is 24.5 Å². The number of nitrogens with zero attached hydrogens (tertiary/aromatic N) is 2. The molecule has 1 aromatic heterocycles. The lowest BCUT2D eigenvalue weighted by atomic mass is 9.82. The fourth-order valence-electron chi connectivity index (χ4n) is 2.58. The van der Waals surface area contributed by atoms with E-state index in [2.05, 4.69) is 4.98 Å². The minimum Gasteiger partial charge on any atom is -0.444 e. The second-order valence-corrected chi connectivity index (χ2v) is 6.83. The zero-order valence-electron chi connectivity index (χ0n) is 13.5. The van der Waals surface area contributed by atoms with Crippen LogP contribution in [0, 0.1) is 0 Å². The second-order valence-electron chi connectivity index (χ2n) is 6.83. The molecule has 1 aromatic rings. The highest BCUT2D eigenvalue weighted by atomic mass is 16.6. The van der Waals surface area contributed by atoms with Gasteiger partial charge in [-0.25, -0.2) is 4.79 Å². The average molecular weight is 307 g/mol. The molecule has 6 nitrogen and oxygen atoms in total. The number of pyridine rings is 1. The van der Waals surface area contributed by atoms with Crippen LogP contribution in [0.2, 0.25) is 0 Å². The van der Waals surface area contributed by atoms with Gasteiger partial charge in [-0.15, -0.1) is 0 Å². The number of nitrogens with two attached hydrogens (primary N) is 1. The summed E-state index contributed by atoms with van der Waals surface area (Å²) in [5.41, 5.74) is 5.46. The molecule has 1 aliphatic heterocycles. The summed E-state index contributed by atoms with van der Waals surface area (Å²) in [6, 6.07) is 3.14. The molecule has 2 heterocycles. The first-order valence-corrected chi connectivity index (χ1v) is 7.57. The lowest BCUT2D eigenvalue weighted by molar-refractivity contribution is -0.0476. The summed E-state index contributed by atoms with van der Waals surface area (Å²) in [6.07, 6.45) is 3.84. The van der Waals surface area contributed by atoms with Gasteiger partial charge in [-0.2, -0.15) is 0 Å². The Morgan fingerprint density at radius 2 is 2.09 bits per heavy atom. The largest absolute Gasteiger partial charge is 0.444 e. The first-order chi connectivity index (χ1) is 10.2. The number of aliphatic hydroxyl groups is 1. The maximum Gasteiger partial charge on any atom is 0.410 e. The lowest BCUT2D eigenvalue weighted by Crippen LogP contribution is -2.52. The number of piperidine rings is 1. The third-order valence-corrected chi connectivity index (χ3v) is 3.90. The summed E-state index contributed by atoms with van der Waals surface area (Å²) in [6.45, 7) is 6.37. The minimum absolute atomic E-state index is 0.343. The van der Waals surface area contributed by atoms with Gasteiger partial charge in [-0.1, -0.05) is 6.07 Å². The number of amides is 1. The van der Waals surface area contributed by atoms with E-state index in [1.54, 1.807) is 23.4 Å². The fourth-order valence-corrected chi connectivity index (χ4v) is 2.58. The van der Waals surface area contributed by atoms with Gasteiger partial charge in [-0.05, 0) is 45.2 Å². The van der Waals surface area contributed by atoms with Crippen molar-refractivity contribution in [1.82, 2.24) is 9.88 Å². The molecule has 1 atom stereocenters. The zero-order valence-corrected chi connectivity index (χ0v) is 13.5. The van der Waals surface area contributed by atoms with E-state index in [1.165, 1.54) is 0 Å². The van der Waals surface area contributed by atoms with E-state index in [9.17, 15) is 9.90 Å². The van der Waals surface area contributed by atoms with Crippen LogP contribution in [-0.4, -0.2) is 45.4 Å². The monoisotopic (exact) mass is 307 g/mol. The van der Waals surface area contributed by atoms with Gasteiger partial charge in [0, 0.05) is 25.5 Å². The van der Waals surface area contributed by atoms with Crippen LogP contribution in [0.4, 0.5) is 4.79 Å². The average Bonchev–Trinajstić information content (AvgIpc) is 2.46. The van der Waals surface area contributed by atoms with Crippen LogP contribution in [-0.2, 0) is 4.74 Å². The number of hydrogen-bond donors (Lipinski definition) is 2. The molecule has 22 heavy (non-hydrogen) atoms. The van der Waals surface area contributed by atoms with E-state index < -0.39 is 17.2 Å². The van der Waals surface area contributed by atoms with Crippen LogP contribution in [0.1, 0.15) is 45.2 Å². The van der Waals surface area contributed by atoms with Crippen molar-refractivity contribution in [2.24, 2.45) is 5.73 Å². The quantitative estimate of drug-likeness (QED) is 0.870. The van der Waals surface area contributed by atoms with Crippen molar-refractivity contribution in [2.45, 2.75) is 50.9 Å². The minimum atomic E-state index is -1.03. The predicted octanol–water partition coefficient (Wildman–Crippen LogP) is 1.84. The highest BCUT2D eigenvalue weighted by molar-refractivity contribution is 5.68. The molecular weight excluding hydrogens is 282 g/mol. The molecule has 0 radical (unpaired) electrons. The third-order valence-electron chi connectivity index (χ3n) is 3.90. The number of rotatable bonds is 2. The van der Waals surface area contributed by atoms with E-state index in [1.807, 2.05) is 26.8 Å². The fraction of sp³-hybridized carbons (Fsp3) is 0.625. The van der Waals surface area contributed by atoms with Crippen molar-refractivity contribution in [3.8, 4) is 0 Å². The van der Waals surface area contributed by atoms with Gasteiger partial charge in [-0.3, -0.25) is 4.98 Å². The van der Waals surface area contributed by atoms with Crippen LogP contribution >= 0.6 is 0 Å². The number of aromatic nitrogens is 1. The third kappa shape index (κ3) is 3.96. The maximum absolute atomic E-state index is 12.0. The smallest absolute Gasteiger partial charge is 0.410 e. The summed E-state index contributed by atoms with van der Waals surface area (Å²) in [5.74, 6) is 0. The predicted molar refractivity (Wildman–Crippen MR) is 83.2 cm³/mol. The topological polar surface area (TPSA) is 88.7 Å². The first-order valence-electron chi connectivity index (χ1n) is 7.57. The van der Waals surface area contributed by atoms with Crippen LogP contribution in [0.3, 0.4) is 0 Å². The summed E-state index contributed by atoms with van der Waals surface area (Å²) < 4.78 is 5.35. The summed E-state index contributed by atoms with van der Waals surface area (Å²) >= 11 is 0. The Hall–Kier alpha value is -1.66. The highest BCUT2D eigenvalue weighted by Gasteiger charge is 2.40. The highest BCUT2D eigenvalue weighted by Crippen LogP contribution is 2.33. The SMILES string of the molecule is CC(C)(C)OC(=O)N1CCC(O)(C(N)c2cccnc2)CC1. The number of likely N-dealkylation sites (tertiary alicyclic amines) is 1. The van der Waals surface area contributed by atoms with Crippen molar-refractivity contribution in [2.75, 3.05) is 13.1 Å². The van der Waals surface area contributed by atoms with Gasteiger partial charge in [0.2, 0.25) is 0 Å². The van der Waals surface area contributed by atoms with Gasteiger partial charge >= 0.3 is 6.09 Å². The van der Waals surface area contributed by atoms with Gasteiger partial charge in [0.25, 0.3) is 0 Å². The molecule has 1 amide bonds. The van der Waals surface area contributed by atoms with Crippen LogP contribution in [0.25, 0.3) is 0 Å². The molecule has 1 saturated heterocycles. The van der Waals surface area contributed by atoms with Crippen molar-refractivity contribution in [1.29, 1.82) is 0 Å². The Kier molecular flexibility index (Phi) is 4.72. The Morgan fingerprint density at radius 1 is 1.45 bits per heavy atom. The molecule has 0 saturated carbocycles. The molecule has 0 bridgehead atoms. The summed E-state index contributed by atoms with van der Waals surface area (Å²) in [7, 11) is 0. The molecular formula is C16H25N3O3. The van der Waals surface area contributed by atoms with Gasteiger partial charge in [0.05, 0.1) is 11.6 Å². The Morgan fingerprint density at radius 3 is 2.59 bits per heavy atom. The normalized spacial score (nSPS) is 19.6. The van der Waals surface area contributed by atoms with Gasteiger partial charge < -0.3 is 20.5 Å². The molecule has 6 heteroatoms. The molecule has 3 N–H and O–H groups in total. The van der Waals surface area contributed by atoms with Crippen molar-refractivity contribution < 1.29 is 14.6 Å². The second kappa shape index (κ2) is 6.22. The summed E-state index contributed by atoms with van der Waals surface area (Å²) in [4.78, 5) is 17.7. The van der Waals surface area contributed by atoms with E-state index >= 15 is 0 Å². The van der Waals surface area contributed by atoms with Crippen LogP contribution < -0.4 is 5.73 Å². The number of carbonyl (C=O) groups excluding carboxylic acids is 1. The lowest BCUT2D eigenvalue weighted by Gasteiger charge is -2.41. The van der Waals surface area contributed by atoms with E-state index in [4.69, 9.17) is 10.5 Å². The van der Waals surface area contributed by atoms with Crippen molar-refractivity contribution >= 4 is 6.09 Å². The molecule has 1 fully saturated rings. The Labute approximate surface area is 131 Å². The van der Waals surface area contributed by atoms with Crippen LogP contribution in [0.5, 0.6) is 0 Å². The van der Waals surface area contributed by atoms with Gasteiger partial charge in [0.15, 0.2) is 0 Å². The standard InChI is InChI=1S/C16H25N3O3/c1-15(2,3)22-14(20)19-9-6-16(21,7-10-19)13(17)12-5-4-8-18-11-12/h4-5,8,11,13,21H,6-7,9-10,17H2,1-3H3. The van der Waals surface area contributed by atoms with Crippen molar-refractivity contribution in [3.63, 3.8) is 0 Å². The number of carbonyl (C=O) groups is 1. The Bertz CT molecular complexity index is 505. The first kappa shape index (κ1) is 16.7. The molecule has 2 rings (SSSR count). The van der Waals surface area contributed by atoms with Gasteiger partial charge in [0.1, 0.15) is 5.60 Å². The van der Waals surface area contributed by atoms with E-state index in [-0.39, 0.29) is 6.09 Å². The van der Waals surface area contributed by atoms with E-state index in [0.29, 0.717) is 25.9 Å². The zero-order chi connectivity index (χ0) is 16.4. The molecule has 0 aromatic carbocycles. The molecule has 0 aliphatic carbocycles. The molecule has 1 aliphatic rings. The number of ether oxygens (including phenoxy) is 1. The summed E-state index contributed by atoms with van der Waals surface area (Å²) in [5, 5.41) is 10.8. The molecule has 1 unspecified atom stereocenters. The van der Waals surface area contributed by atoms with Crippen molar-refractivity contribution in [3.05, 3.63) is 30.1 Å². The molecule has 0 spiro atoms.